The van der Waals surface area contributed by atoms with E-state index in [0.29, 0.717) is 6.54 Å². The van der Waals surface area contributed by atoms with Crippen molar-refractivity contribution in [1.82, 2.24) is 34.4 Å². The van der Waals surface area contributed by atoms with Crippen molar-refractivity contribution in [3.8, 4) is 0 Å². The molecule has 0 amide bonds. The van der Waals surface area contributed by atoms with E-state index in [2.05, 4.69) is 33.5 Å². The number of nitrogen functional groups attached to an aromatic ring is 2. The number of morpholine rings is 1. The Morgan fingerprint density at radius 3 is 2.27 bits per heavy atom. The molecule has 3 aliphatic heterocycles. The number of benzene rings is 1. The zero-order valence-corrected chi connectivity index (χ0v) is 33.7. The Labute approximate surface area is 332 Å². The highest BCUT2D eigenvalue weighted by atomic mass is 31.3. The van der Waals surface area contributed by atoms with Gasteiger partial charge < -0.3 is 55.3 Å². The van der Waals surface area contributed by atoms with Gasteiger partial charge in [0.15, 0.2) is 23.2 Å². The van der Waals surface area contributed by atoms with Crippen LogP contribution in [0.3, 0.4) is 0 Å². The monoisotopic (exact) mass is 891 g/mol. The first kappa shape index (κ1) is 43.0. The number of aliphatic hydroxyl groups is 1. The summed E-state index contributed by atoms with van der Waals surface area (Å²) in [6.07, 6.45) is -6.07. The molecule has 0 bridgehead atoms. The van der Waals surface area contributed by atoms with Crippen molar-refractivity contribution in [2.75, 3.05) is 68.4 Å². The van der Waals surface area contributed by atoms with Crippen LogP contribution in [0.15, 0.2) is 46.2 Å². The van der Waals surface area contributed by atoms with Gasteiger partial charge in [0.05, 0.1) is 32.3 Å². The van der Waals surface area contributed by atoms with Crippen LogP contribution in [0.25, 0.3) is 11.2 Å². The Morgan fingerprint density at radius 2 is 1.58 bits per heavy atom. The van der Waals surface area contributed by atoms with E-state index in [-0.39, 0.29) is 54.3 Å². The minimum atomic E-state index is -5.92. The summed E-state index contributed by atoms with van der Waals surface area (Å²) in [5.41, 5.74) is 11.4. The van der Waals surface area contributed by atoms with Crippen LogP contribution in [0.1, 0.15) is 11.8 Å². The van der Waals surface area contributed by atoms with E-state index < -0.39 is 84.7 Å². The number of fused-ring (bicyclic) bond motifs is 2. The Bertz CT molecular complexity index is 2440. The van der Waals surface area contributed by atoms with Crippen LogP contribution in [-0.2, 0) is 52.1 Å². The molecule has 3 unspecified atom stereocenters. The molecule has 59 heavy (non-hydrogen) atoms. The molecule has 3 aliphatic rings. The van der Waals surface area contributed by atoms with Crippen molar-refractivity contribution in [2.24, 2.45) is 0 Å². The first-order valence-corrected chi connectivity index (χ1v) is 21.9. The SMILES string of the molecule is CO[C@@H]1[C@H](O)[C@@H](COP(=O)(O)OP(=O)(O)OP(=O)(O)OC[C@@H]2CN(Cc3ccccc3)C[C@H](N3CN(C)c4c3nc(N)[nH]c4=O)O2)O[C@H]1n1cnc2c(=O)[nH]c(N)nc21. The molecule has 2 saturated heterocycles. The van der Waals surface area contributed by atoms with Gasteiger partial charge in [0.1, 0.15) is 30.2 Å². The maximum Gasteiger partial charge on any atom is 0.490 e. The van der Waals surface area contributed by atoms with Gasteiger partial charge in [-0.05, 0) is 5.56 Å². The Morgan fingerprint density at radius 1 is 0.915 bits per heavy atom. The zero-order valence-electron chi connectivity index (χ0n) is 31.0. The van der Waals surface area contributed by atoms with Crippen LogP contribution >= 0.6 is 23.5 Å². The number of aromatic amines is 2. The maximum absolute atomic E-state index is 12.9. The van der Waals surface area contributed by atoms with Gasteiger partial charge in [-0.3, -0.25) is 38.1 Å². The number of nitrogens with two attached hydrogens (primary N) is 2. The van der Waals surface area contributed by atoms with Crippen molar-refractivity contribution < 1.29 is 65.4 Å². The summed E-state index contributed by atoms with van der Waals surface area (Å²) in [7, 11) is -14.2. The summed E-state index contributed by atoms with van der Waals surface area (Å²) >= 11 is 0. The van der Waals surface area contributed by atoms with E-state index in [1.54, 1.807) is 16.8 Å². The Kier molecular flexibility index (Phi) is 12.2. The lowest BCUT2D eigenvalue weighted by Gasteiger charge is -2.42. The maximum atomic E-state index is 12.9. The molecular formula is C29H40N11O16P3. The number of anilines is 4. The van der Waals surface area contributed by atoms with E-state index in [9.17, 15) is 43.1 Å². The molecule has 6 heterocycles. The predicted molar refractivity (Wildman–Crippen MR) is 202 cm³/mol. The molecule has 7 rings (SSSR count). The number of hydrogen-bond acceptors (Lipinski definition) is 21. The number of nitrogens with one attached hydrogen (secondary N) is 2. The fourth-order valence-electron chi connectivity index (χ4n) is 6.87. The fraction of sp³-hybridized carbons (Fsp3) is 0.483. The highest BCUT2D eigenvalue weighted by Crippen LogP contribution is 2.67. The lowest BCUT2D eigenvalue weighted by Crippen LogP contribution is -2.55. The van der Waals surface area contributed by atoms with Crippen LogP contribution < -0.4 is 32.4 Å². The number of imidazole rings is 1. The van der Waals surface area contributed by atoms with Crippen molar-refractivity contribution in [3.63, 3.8) is 0 Å². The van der Waals surface area contributed by atoms with E-state index >= 15 is 0 Å². The molecule has 322 valence electrons. The number of nitrogens with zero attached hydrogens (tertiary/aromatic N) is 7. The molecule has 1 aromatic carbocycles. The third kappa shape index (κ3) is 9.60. The number of methoxy groups -OCH3 is 1. The van der Waals surface area contributed by atoms with Gasteiger partial charge in [-0.1, -0.05) is 30.3 Å². The molecule has 3 aromatic heterocycles. The second-order valence-electron chi connectivity index (χ2n) is 13.5. The molecule has 30 heteroatoms. The summed E-state index contributed by atoms with van der Waals surface area (Å²) in [5, 5.41) is 10.8. The molecule has 0 spiro atoms. The molecule has 9 atom stereocenters. The molecular weight excluding hydrogens is 851 g/mol. The van der Waals surface area contributed by atoms with E-state index in [4.69, 9.17) is 34.7 Å². The van der Waals surface area contributed by atoms with Gasteiger partial charge in [0.2, 0.25) is 11.9 Å². The van der Waals surface area contributed by atoms with Gasteiger partial charge in [-0.2, -0.15) is 18.6 Å². The first-order chi connectivity index (χ1) is 27.8. The second kappa shape index (κ2) is 16.7. The third-order valence-corrected chi connectivity index (χ3v) is 13.5. The second-order valence-corrected chi connectivity index (χ2v) is 18.2. The number of ether oxygens (including phenoxy) is 3. The number of aliphatic hydroxyl groups excluding tert-OH is 1. The van der Waals surface area contributed by atoms with Crippen molar-refractivity contribution in [3.05, 3.63) is 62.9 Å². The normalized spacial score (nSPS) is 26.7. The zero-order chi connectivity index (χ0) is 42.4. The van der Waals surface area contributed by atoms with Crippen molar-refractivity contribution in [1.29, 1.82) is 0 Å². The highest BCUT2D eigenvalue weighted by Gasteiger charge is 2.48. The van der Waals surface area contributed by atoms with E-state index in [1.807, 2.05) is 35.2 Å². The average molecular weight is 892 g/mol. The number of hydrogen-bond donors (Lipinski definition) is 8. The van der Waals surface area contributed by atoms with Crippen LogP contribution in [0.4, 0.5) is 23.4 Å². The van der Waals surface area contributed by atoms with E-state index in [1.165, 1.54) is 11.7 Å². The molecule has 0 saturated carbocycles. The topological polar surface area (TPSA) is 368 Å². The van der Waals surface area contributed by atoms with Crippen molar-refractivity contribution >= 4 is 58.0 Å². The van der Waals surface area contributed by atoms with Gasteiger partial charge >= 0.3 is 23.5 Å². The van der Waals surface area contributed by atoms with E-state index in [0.717, 1.165) is 11.9 Å². The Balaban J connectivity index is 0.977. The lowest BCUT2D eigenvalue weighted by molar-refractivity contribution is -0.103. The minimum absolute atomic E-state index is 0.0393. The van der Waals surface area contributed by atoms with Crippen LogP contribution in [0.5, 0.6) is 0 Å². The molecule has 27 nitrogen and oxygen atoms in total. The summed E-state index contributed by atoms with van der Waals surface area (Å²) in [5.74, 6) is -0.130. The van der Waals surface area contributed by atoms with Gasteiger partial charge in [0.25, 0.3) is 11.1 Å². The number of phosphoric acid groups is 3. The minimum Gasteiger partial charge on any atom is -0.387 e. The fourth-order valence-corrected chi connectivity index (χ4v) is 10.4. The van der Waals surface area contributed by atoms with Crippen molar-refractivity contribution in [2.45, 2.75) is 43.4 Å². The number of H-pyrrole nitrogens is 2. The van der Waals surface area contributed by atoms with Gasteiger partial charge in [0, 0.05) is 33.8 Å². The summed E-state index contributed by atoms with van der Waals surface area (Å²) in [4.78, 5) is 78.1. The molecule has 0 radical (unpaired) electrons. The first-order valence-electron chi connectivity index (χ1n) is 17.4. The summed E-state index contributed by atoms with van der Waals surface area (Å²) < 4.78 is 75.3. The van der Waals surface area contributed by atoms with Gasteiger partial charge in [-0.25, -0.2) is 18.7 Å². The summed E-state index contributed by atoms with van der Waals surface area (Å²) in [6, 6.07) is 9.35. The van der Waals surface area contributed by atoms with Crippen LogP contribution in [0.2, 0.25) is 0 Å². The van der Waals surface area contributed by atoms with Crippen LogP contribution in [-0.4, -0.2) is 132 Å². The Hall–Kier alpha value is -4.14. The smallest absolute Gasteiger partial charge is 0.387 e. The quantitative estimate of drug-likeness (QED) is 0.0674. The highest BCUT2D eigenvalue weighted by molar-refractivity contribution is 7.66. The average Bonchev–Trinajstić information content (AvgIpc) is 3.81. The number of rotatable bonds is 15. The molecule has 4 aromatic rings. The largest absolute Gasteiger partial charge is 0.490 e. The number of phosphoric ester groups is 2. The molecule has 0 aliphatic carbocycles. The summed E-state index contributed by atoms with van der Waals surface area (Å²) in [6.45, 7) is -0.699. The van der Waals surface area contributed by atoms with Gasteiger partial charge in [-0.15, -0.1) is 0 Å². The molecule has 10 N–H and O–H groups in total. The van der Waals surface area contributed by atoms with Crippen LogP contribution in [0, 0.1) is 0 Å². The molecule has 2 fully saturated rings. The predicted octanol–water partition coefficient (Wildman–Crippen LogP) is -0.851. The lowest BCUT2D eigenvalue weighted by atomic mass is 10.1. The number of aromatic nitrogens is 6. The third-order valence-electron chi connectivity index (χ3n) is 9.28. The standard InChI is InChI=1S/C29H40N11O16P3/c1-37-14-40(24-20(37)26(43)36-29(31)34-24)18-10-38(8-15-6-4-3-5-7-15)9-16(53-18)11-51-57(44,45)55-59(48,49)56-58(46,47)52-12-17-21(41)22(50-2)27(54-17)39-13-32-19-23(39)33-28(30)35-25(19)42/h3-7,13,16-18,21-22,27,41H,8-12,14H2,1-2H3,(H,44,45)(H,46,47)(H,48,49)(H3,30,33,35,42)(H3,31,34,36,43)/t16-,17+,18+,21+,22+,27+/m0/s1.